The van der Waals surface area contributed by atoms with Gasteiger partial charge in [-0.2, -0.15) is 0 Å². The minimum atomic E-state index is -0.105. The molecule has 0 aliphatic heterocycles. The number of benzene rings is 1. The number of nitrogens with two attached hydrogens (primary N) is 1. The van der Waals surface area contributed by atoms with Crippen molar-refractivity contribution in [3.8, 4) is 22.8 Å². The lowest BCUT2D eigenvalue weighted by atomic mass is 10.1. The van der Waals surface area contributed by atoms with E-state index in [0.29, 0.717) is 16.3 Å². The van der Waals surface area contributed by atoms with Crippen LogP contribution in [0.1, 0.15) is 0 Å². The number of nitrogen functional groups attached to an aromatic ring is 1. The Hall–Kier alpha value is -1.88. The Morgan fingerprint density at radius 2 is 2.25 bits per heavy atom. The Kier molecular flexibility index (Phi) is 2.62. The molecular weight excluding hydrogens is 232 g/mol. The lowest BCUT2D eigenvalue weighted by Crippen LogP contribution is -1.87. The van der Waals surface area contributed by atoms with Gasteiger partial charge in [-0.25, -0.2) is 0 Å². The monoisotopic (exact) mass is 240 g/mol. The summed E-state index contributed by atoms with van der Waals surface area (Å²) in [6.45, 7) is 0. The smallest absolute Gasteiger partial charge is 0.179 e. The summed E-state index contributed by atoms with van der Waals surface area (Å²) in [4.78, 5) is 0. The SMILES string of the molecule is COc1c(Cl)ccc(-c2cc(N)no2)c1O. The first-order valence-electron chi connectivity index (χ1n) is 4.41. The highest BCUT2D eigenvalue weighted by molar-refractivity contribution is 6.32. The zero-order chi connectivity index (χ0) is 11.7. The lowest BCUT2D eigenvalue weighted by molar-refractivity contribution is 0.372. The summed E-state index contributed by atoms with van der Waals surface area (Å²) in [5.41, 5.74) is 5.84. The molecule has 1 aromatic carbocycles. The van der Waals surface area contributed by atoms with Crippen LogP contribution in [0.2, 0.25) is 5.02 Å². The highest BCUT2D eigenvalue weighted by Crippen LogP contribution is 2.41. The fourth-order valence-corrected chi connectivity index (χ4v) is 1.59. The molecule has 0 unspecified atom stereocenters. The van der Waals surface area contributed by atoms with Crippen molar-refractivity contribution in [2.24, 2.45) is 0 Å². The van der Waals surface area contributed by atoms with Crippen molar-refractivity contribution < 1.29 is 14.4 Å². The number of aromatic hydroxyl groups is 1. The molecule has 0 amide bonds. The zero-order valence-corrected chi connectivity index (χ0v) is 9.15. The number of hydrogen-bond donors (Lipinski definition) is 2. The normalized spacial score (nSPS) is 10.4. The Labute approximate surface area is 96.4 Å². The molecule has 0 fully saturated rings. The second-order valence-corrected chi connectivity index (χ2v) is 3.50. The van der Waals surface area contributed by atoms with Crippen LogP contribution in [0.25, 0.3) is 11.3 Å². The van der Waals surface area contributed by atoms with Crippen molar-refractivity contribution in [2.75, 3.05) is 12.8 Å². The number of phenolic OH excluding ortho intramolecular Hbond substituents is 1. The molecule has 6 heteroatoms. The molecule has 0 saturated carbocycles. The maximum Gasteiger partial charge on any atom is 0.179 e. The number of anilines is 1. The van der Waals surface area contributed by atoms with E-state index in [2.05, 4.69) is 5.16 Å². The van der Waals surface area contributed by atoms with Crippen molar-refractivity contribution >= 4 is 17.4 Å². The quantitative estimate of drug-likeness (QED) is 0.842. The van der Waals surface area contributed by atoms with E-state index in [1.807, 2.05) is 0 Å². The molecule has 84 valence electrons. The first-order chi connectivity index (χ1) is 7.63. The average molecular weight is 241 g/mol. The van der Waals surface area contributed by atoms with Gasteiger partial charge in [0.05, 0.1) is 17.7 Å². The number of phenols is 1. The largest absolute Gasteiger partial charge is 0.504 e. The molecule has 0 aliphatic carbocycles. The van der Waals surface area contributed by atoms with E-state index in [4.69, 9.17) is 26.6 Å². The molecule has 1 heterocycles. The fourth-order valence-electron chi connectivity index (χ4n) is 1.36. The van der Waals surface area contributed by atoms with Crippen molar-refractivity contribution in [1.82, 2.24) is 5.16 Å². The van der Waals surface area contributed by atoms with E-state index in [0.717, 1.165) is 0 Å². The predicted molar refractivity (Wildman–Crippen MR) is 59.6 cm³/mol. The molecule has 0 saturated heterocycles. The number of aromatic nitrogens is 1. The Morgan fingerprint density at radius 3 is 2.81 bits per heavy atom. The Balaban J connectivity index is 2.58. The summed E-state index contributed by atoms with van der Waals surface area (Å²) in [5, 5.41) is 13.7. The van der Waals surface area contributed by atoms with Gasteiger partial charge in [0.25, 0.3) is 0 Å². The van der Waals surface area contributed by atoms with E-state index < -0.39 is 0 Å². The standard InChI is InChI=1S/C10H9ClN2O3/c1-15-10-6(11)3-2-5(9(10)14)7-4-8(12)13-16-7/h2-4,14H,1H3,(H2,12,13). The highest BCUT2D eigenvalue weighted by atomic mass is 35.5. The van der Waals surface area contributed by atoms with Crippen LogP contribution >= 0.6 is 11.6 Å². The molecule has 2 rings (SSSR count). The van der Waals surface area contributed by atoms with Gasteiger partial charge < -0.3 is 20.1 Å². The number of rotatable bonds is 2. The highest BCUT2D eigenvalue weighted by Gasteiger charge is 2.16. The van der Waals surface area contributed by atoms with E-state index in [1.54, 1.807) is 12.1 Å². The van der Waals surface area contributed by atoms with Crippen LogP contribution in [-0.2, 0) is 0 Å². The van der Waals surface area contributed by atoms with E-state index in [1.165, 1.54) is 13.2 Å². The molecule has 2 aromatic rings. The summed E-state index contributed by atoms with van der Waals surface area (Å²) >= 11 is 5.84. The van der Waals surface area contributed by atoms with Crippen LogP contribution in [-0.4, -0.2) is 17.4 Å². The number of methoxy groups -OCH3 is 1. The van der Waals surface area contributed by atoms with Gasteiger partial charge >= 0.3 is 0 Å². The van der Waals surface area contributed by atoms with Gasteiger partial charge in [-0.05, 0) is 12.1 Å². The van der Waals surface area contributed by atoms with Gasteiger partial charge in [-0.15, -0.1) is 0 Å². The summed E-state index contributed by atoms with van der Waals surface area (Å²) in [7, 11) is 1.42. The van der Waals surface area contributed by atoms with Crippen molar-refractivity contribution in [3.05, 3.63) is 23.2 Å². The van der Waals surface area contributed by atoms with Gasteiger partial charge in [0.1, 0.15) is 0 Å². The van der Waals surface area contributed by atoms with Crippen LogP contribution < -0.4 is 10.5 Å². The van der Waals surface area contributed by atoms with Crippen LogP contribution in [0.4, 0.5) is 5.82 Å². The van der Waals surface area contributed by atoms with Gasteiger partial charge in [0, 0.05) is 6.07 Å². The van der Waals surface area contributed by atoms with Crippen LogP contribution in [0.3, 0.4) is 0 Å². The average Bonchev–Trinajstić information content (AvgIpc) is 2.65. The number of hydrogen-bond acceptors (Lipinski definition) is 5. The maximum absolute atomic E-state index is 9.89. The van der Waals surface area contributed by atoms with Gasteiger partial charge in [0.2, 0.25) is 0 Å². The molecule has 0 radical (unpaired) electrons. The molecule has 5 nitrogen and oxygen atoms in total. The topological polar surface area (TPSA) is 81.5 Å². The first-order valence-corrected chi connectivity index (χ1v) is 4.79. The van der Waals surface area contributed by atoms with Crippen LogP contribution in [0, 0.1) is 0 Å². The van der Waals surface area contributed by atoms with E-state index >= 15 is 0 Å². The van der Waals surface area contributed by atoms with E-state index in [9.17, 15) is 5.11 Å². The summed E-state index contributed by atoms with van der Waals surface area (Å²) in [6, 6.07) is 4.69. The third kappa shape index (κ3) is 1.65. The molecule has 1 aromatic heterocycles. The summed E-state index contributed by atoms with van der Waals surface area (Å²) < 4.78 is 9.91. The number of ether oxygens (including phenoxy) is 1. The molecular formula is C10H9ClN2O3. The minimum absolute atomic E-state index is 0.105. The Bertz CT molecular complexity index is 525. The van der Waals surface area contributed by atoms with Gasteiger partial charge in [-0.3, -0.25) is 0 Å². The number of nitrogens with zero attached hydrogens (tertiary/aromatic N) is 1. The third-order valence-corrected chi connectivity index (χ3v) is 2.38. The lowest BCUT2D eigenvalue weighted by Gasteiger charge is -2.08. The molecule has 0 atom stereocenters. The van der Waals surface area contributed by atoms with Crippen molar-refractivity contribution in [1.29, 1.82) is 0 Å². The zero-order valence-electron chi connectivity index (χ0n) is 8.40. The predicted octanol–water partition coefficient (Wildman–Crippen LogP) is 2.29. The second kappa shape index (κ2) is 3.94. The molecule has 16 heavy (non-hydrogen) atoms. The maximum atomic E-state index is 9.89. The Morgan fingerprint density at radius 1 is 1.50 bits per heavy atom. The minimum Gasteiger partial charge on any atom is -0.504 e. The number of halogens is 1. The van der Waals surface area contributed by atoms with Crippen molar-refractivity contribution in [2.45, 2.75) is 0 Å². The van der Waals surface area contributed by atoms with Gasteiger partial charge in [0.15, 0.2) is 23.1 Å². The van der Waals surface area contributed by atoms with Crippen LogP contribution in [0.15, 0.2) is 22.7 Å². The summed E-state index contributed by atoms with van der Waals surface area (Å²) in [5.74, 6) is 0.675. The molecule has 0 spiro atoms. The third-order valence-electron chi connectivity index (χ3n) is 2.08. The molecule has 3 N–H and O–H groups in total. The fraction of sp³-hybridized carbons (Fsp3) is 0.100. The second-order valence-electron chi connectivity index (χ2n) is 3.09. The first kappa shape index (κ1) is 10.6. The summed E-state index contributed by atoms with van der Waals surface area (Å²) in [6.07, 6.45) is 0. The van der Waals surface area contributed by atoms with Crippen molar-refractivity contribution in [3.63, 3.8) is 0 Å². The van der Waals surface area contributed by atoms with E-state index in [-0.39, 0.29) is 17.3 Å². The van der Waals surface area contributed by atoms with Crippen LogP contribution in [0.5, 0.6) is 11.5 Å². The molecule has 0 aliphatic rings. The molecule has 0 bridgehead atoms. The van der Waals surface area contributed by atoms with Gasteiger partial charge in [-0.1, -0.05) is 16.8 Å².